The Balaban J connectivity index is 2.98. The third kappa shape index (κ3) is 4.55. The molecular weight excluding hydrogens is 222 g/mol. The van der Waals surface area contributed by atoms with E-state index in [0.717, 1.165) is 6.20 Å². The average Bonchev–Trinajstić information content (AvgIpc) is 2.27. The maximum Gasteiger partial charge on any atom is 0.235 e. The number of benzene rings is 1. The topological polar surface area (TPSA) is 61.6 Å². The molecule has 0 saturated heterocycles. The molecule has 17 heavy (non-hydrogen) atoms. The summed E-state index contributed by atoms with van der Waals surface area (Å²) in [6.07, 6.45) is 2.30. The molecule has 0 fully saturated rings. The van der Waals surface area contributed by atoms with E-state index in [9.17, 15) is 10.1 Å². The SMILES string of the molecule is CCOc1cc(C=C[N+](=O)[O-])cc(OCC)c1. The van der Waals surface area contributed by atoms with Crippen molar-refractivity contribution in [1.82, 2.24) is 0 Å². The van der Waals surface area contributed by atoms with Crippen LogP contribution in [0.1, 0.15) is 19.4 Å². The summed E-state index contributed by atoms with van der Waals surface area (Å²) in [6.45, 7) is 4.82. The predicted octanol–water partition coefficient (Wildman–Crippen LogP) is 2.73. The third-order valence-corrected chi connectivity index (χ3v) is 1.91. The highest BCUT2D eigenvalue weighted by molar-refractivity contribution is 5.54. The number of nitrogens with zero attached hydrogens (tertiary/aromatic N) is 1. The van der Waals surface area contributed by atoms with Gasteiger partial charge in [0.1, 0.15) is 11.5 Å². The maximum absolute atomic E-state index is 10.3. The number of hydrogen-bond acceptors (Lipinski definition) is 4. The van der Waals surface area contributed by atoms with Crippen molar-refractivity contribution in [3.8, 4) is 11.5 Å². The van der Waals surface area contributed by atoms with E-state index in [1.807, 2.05) is 13.8 Å². The van der Waals surface area contributed by atoms with E-state index in [0.29, 0.717) is 30.3 Å². The Labute approximate surface area is 99.8 Å². The highest BCUT2D eigenvalue weighted by atomic mass is 16.6. The molecule has 1 rings (SSSR count). The number of ether oxygens (including phenoxy) is 2. The zero-order valence-corrected chi connectivity index (χ0v) is 9.88. The molecule has 0 bridgehead atoms. The molecule has 0 heterocycles. The van der Waals surface area contributed by atoms with Crippen LogP contribution in [-0.4, -0.2) is 18.1 Å². The second-order valence-electron chi connectivity index (χ2n) is 3.20. The second-order valence-corrected chi connectivity index (χ2v) is 3.20. The van der Waals surface area contributed by atoms with Gasteiger partial charge in [0.15, 0.2) is 0 Å². The summed E-state index contributed by atoms with van der Waals surface area (Å²) in [5.74, 6) is 1.28. The largest absolute Gasteiger partial charge is 0.494 e. The van der Waals surface area contributed by atoms with Crippen LogP contribution in [0.15, 0.2) is 24.4 Å². The standard InChI is InChI=1S/C12H15NO4/c1-3-16-11-7-10(5-6-13(14)15)8-12(9-11)17-4-2/h5-9H,3-4H2,1-2H3. The van der Waals surface area contributed by atoms with Crippen molar-refractivity contribution in [2.75, 3.05) is 13.2 Å². The fraction of sp³-hybridized carbons (Fsp3) is 0.333. The van der Waals surface area contributed by atoms with Crippen molar-refractivity contribution in [2.24, 2.45) is 0 Å². The molecule has 5 heteroatoms. The molecular formula is C12H15NO4. The molecule has 0 atom stereocenters. The average molecular weight is 237 g/mol. The van der Waals surface area contributed by atoms with Crippen LogP contribution < -0.4 is 9.47 Å². The van der Waals surface area contributed by atoms with E-state index < -0.39 is 4.92 Å². The summed E-state index contributed by atoms with van der Waals surface area (Å²) < 4.78 is 10.7. The summed E-state index contributed by atoms with van der Waals surface area (Å²) in [6, 6.07) is 5.22. The molecule has 0 aliphatic heterocycles. The van der Waals surface area contributed by atoms with Crippen LogP contribution in [0.25, 0.3) is 6.08 Å². The van der Waals surface area contributed by atoms with E-state index in [1.165, 1.54) is 6.08 Å². The third-order valence-electron chi connectivity index (χ3n) is 1.91. The van der Waals surface area contributed by atoms with Gasteiger partial charge in [-0.1, -0.05) is 0 Å². The molecule has 0 spiro atoms. The minimum atomic E-state index is -0.506. The van der Waals surface area contributed by atoms with Gasteiger partial charge < -0.3 is 9.47 Å². The zero-order chi connectivity index (χ0) is 12.7. The van der Waals surface area contributed by atoms with Gasteiger partial charge in [-0.25, -0.2) is 0 Å². The van der Waals surface area contributed by atoms with Gasteiger partial charge in [-0.15, -0.1) is 0 Å². The molecule has 0 saturated carbocycles. The van der Waals surface area contributed by atoms with E-state index >= 15 is 0 Å². The van der Waals surface area contributed by atoms with Crippen molar-refractivity contribution in [3.05, 3.63) is 40.1 Å². The van der Waals surface area contributed by atoms with Crippen molar-refractivity contribution in [2.45, 2.75) is 13.8 Å². The fourth-order valence-electron chi connectivity index (χ4n) is 1.34. The van der Waals surface area contributed by atoms with Crippen molar-refractivity contribution < 1.29 is 14.4 Å². The summed E-state index contributed by atoms with van der Waals surface area (Å²) in [7, 11) is 0. The van der Waals surface area contributed by atoms with E-state index in [2.05, 4.69) is 0 Å². The quantitative estimate of drug-likeness (QED) is 0.563. The molecule has 5 nitrogen and oxygen atoms in total. The molecule has 0 amide bonds. The first-order valence-electron chi connectivity index (χ1n) is 5.38. The van der Waals surface area contributed by atoms with Crippen molar-refractivity contribution in [3.63, 3.8) is 0 Å². The summed E-state index contributed by atoms with van der Waals surface area (Å²) in [5, 5.41) is 10.3. The van der Waals surface area contributed by atoms with Crippen LogP contribution in [0.3, 0.4) is 0 Å². The molecule has 0 aliphatic rings. The Hall–Kier alpha value is -2.04. The molecule has 0 aromatic heterocycles. The van der Waals surface area contributed by atoms with E-state index in [1.54, 1.807) is 18.2 Å². The first-order valence-corrected chi connectivity index (χ1v) is 5.38. The van der Waals surface area contributed by atoms with Crippen LogP contribution in [0.5, 0.6) is 11.5 Å². The number of nitro groups is 1. The lowest BCUT2D eigenvalue weighted by molar-refractivity contribution is -0.400. The fourth-order valence-corrected chi connectivity index (χ4v) is 1.34. The Morgan fingerprint density at radius 3 is 2.12 bits per heavy atom. The molecule has 0 radical (unpaired) electrons. The van der Waals surface area contributed by atoms with Gasteiger partial charge in [0.05, 0.1) is 18.1 Å². The lowest BCUT2D eigenvalue weighted by atomic mass is 10.2. The van der Waals surface area contributed by atoms with Gasteiger partial charge in [-0.05, 0) is 31.5 Å². The smallest absolute Gasteiger partial charge is 0.235 e. The van der Waals surface area contributed by atoms with Crippen LogP contribution >= 0.6 is 0 Å². The first kappa shape index (κ1) is 13.0. The van der Waals surface area contributed by atoms with Crippen LogP contribution in [0.2, 0.25) is 0 Å². The lowest BCUT2D eigenvalue weighted by Crippen LogP contribution is -1.96. The van der Waals surface area contributed by atoms with Crippen LogP contribution in [-0.2, 0) is 0 Å². The Morgan fingerprint density at radius 2 is 1.71 bits per heavy atom. The predicted molar refractivity (Wildman–Crippen MR) is 64.8 cm³/mol. The van der Waals surface area contributed by atoms with Crippen molar-refractivity contribution in [1.29, 1.82) is 0 Å². The minimum absolute atomic E-state index is 0.506. The van der Waals surface area contributed by atoms with Gasteiger partial charge in [-0.2, -0.15) is 0 Å². The van der Waals surface area contributed by atoms with Crippen LogP contribution in [0, 0.1) is 10.1 Å². The van der Waals surface area contributed by atoms with E-state index in [4.69, 9.17) is 9.47 Å². The number of rotatable bonds is 6. The summed E-state index contributed by atoms with van der Waals surface area (Å²) >= 11 is 0. The molecule has 92 valence electrons. The van der Waals surface area contributed by atoms with Gasteiger partial charge in [0, 0.05) is 12.1 Å². The molecule has 1 aromatic rings. The van der Waals surface area contributed by atoms with E-state index in [-0.39, 0.29) is 0 Å². The lowest BCUT2D eigenvalue weighted by Gasteiger charge is -2.08. The van der Waals surface area contributed by atoms with Crippen molar-refractivity contribution >= 4 is 6.08 Å². The molecule has 0 N–H and O–H groups in total. The highest BCUT2D eigenvalue weighted by Crippen LogP contribution is 2.24. The van der Waals surface area contributed by atoms with Gasteiger partial charge in [0.25, 0.3) is 0 Å². The van der Waals surface area contributed by atoms with Gasteiger partial charge in [0.2, 0.25) is 6.20 Å². The second kappa shape index (κ2) is 6.52. The Morgan fingerprint density at radius 1 is 1.18 bits per heavy atom. The number of hydrogen-bond donors (Lipinski definition) is 0. The first-order chi connectivity index (χ1) is 8.15. The summed E-state index contributed by atoms with van der Waals surface area (Å²) in [5.41, 5.74) is 0.677. The summed E-state index contributed by atoms with van der Waals surface area (Å²) in [4.78, 5) is 9.74. The maximum atomic E-state index is 10.3. The minimum Gasteiger partial charge on any atom is -0.494 e. The van der Waals surface area contributed by atoms with Gasteiger partial charge in [-0.3, -0.25) is 10.1 Å². The molecule has 0 unspecified atom stereocenters. The zero-order valence-electron chi connectivity index (χ0n) is 9.88. The normalized spacial score (nSPS) is 10.5. The molecule has 0 aliphatic carbocycles. The Bertz CT molecular complexity index is 391. The van der Waals surface area contributed by atoms with Gasteiger partial charge >= 0.3 is 0 Å². The Kier molecular flexibility index (Phi) is 5.00. The highest BCUT2D eigenvalue weighted by Gasteiger charge is 2.01. The molecule has 1 aromatic carbocycles. The van der Waals surface area contributed by atoms with Crippen LogP contribution in [0.4, 0.5) is 0 Å². The monoisotopic (exact) mass is 237 g/mol.